The zero-order chi connectivity index (χ0) is 20.6. The minimum Gasteiger partial charge on any atom is -0.452 e. The van der Waals surface area contributed by atoms with E-state index in [9.17, 15) is 18.0 Å². The molecule has 0 aromatic heterocycles. The van der Waals surface area contributed by atoms with Crippen molar-refractivity contribution in [2.24, 2.45) is 0 Å². The lowest BCUT2D eigenvalue weighted by Crippen LogP contribution is -2.29. The molecule has 0 aliphatic rings. The maximum atomic E-state index is 12.8. The van der Waals surface area contributed by atoms with Crippen molar-refractivity contribution in [1.82, 2.24) is 5.32 Å². The number of sulfonamides is 1. The molecule has 2 aromatic rings. The minimum absolute atomic E-state index is 0.00682. The summed E-state index contributed by atoms with van der Waals surface area (Å²) < 4.78 is 31.6. The van der Waals surface area contributed by atoms with Gasteiger partial charge in [0.1, 0.15) is 0 Å². The highest BCUT2D eigenvalue weighted by molar-refractivity contribution is 7.92. The highest BCUT2D eigenvalue weighted by atomic mass is 32.2. The molecular weight excluding hydrogens is 382 g/mol. The molecular formula is C19H19N3O5S. The third-order valence-electron chi connectivity index (χ3n) is 3.74. The number of rotatable bonds is 8. The van der Waals surface area contributed by atoms with Crippen molar-refractivity contribution in [2.75, 3.05) is 24.5 Å². The third-order valence-corrected chi connectivity index (χ3v) is 5.52. The molecule has 0 aliphatic heterocycles. The van der Waals surface area contributed by atoms with Crippen LogP contribution in [-0.4, -0.2) is 40.5 Å². The van der Waals surface area contributed by atoms with Gasteiger partial charge in [0.2, 0.25) is 0 Å². The Morgan fingerprint density at radius 2 is 1.86 bits per heavy atom. The first-order valence-corrected chi connectivity index (χ1v) is 9.75. The summed E-state index contributed by atoms with van der Waals surface area (Å²) in [5.74, 6) is -1.37. The summed E-state index contributed by atoms with van der Waals surface area (Å²) in [7, 11) is -2.46. The van der Waals surface area contributed by atoms with E-state index in [1.165, 1.54) is 31.3 Å². The Bertz CT molecular complexity index is 984. The lowest BCUT2D eigenvalue weighted by atomic mass is 10.2. The number of benzene rings is 2. The van der Waals surface area contributed by atoms with Crippen molar-refractivity contribution in [2.45, 2.75) is 11.3 Å². The molecule has 9 heteroatoms. The fourth-order valence-electron chi connectivity index (χ4n) is 2.24. The van der Waals surface area contributed by atoms with E-state index >= 15 is 0 Å². The number of nitriles is 1. The van der Waals surface area contributed by atoms with Gasteiger partial charge in [-0.15, -0.1) is 0 Å². The molecule has 2 rings (SSSR count). The summed E-state index contributed by atoms with van der Waals surface area (Å²) in [5, 5.41) is 10.8. The molecule has 0 saturated heterocycles. The topological polar surface area (TPSA) is 117 Å². The van der Waals surface area contributed by atoms with Crippen LogP contribution in [0.3, 0.4) is 0 Å². The maximum Gasteiger partial charge on any atom is 0.338 e. The minimum atomic E-state index is -3.88. The first-order chi connectivity index (χ1) is 13.4. The molecule has 146 valence electrons. The van der Waals surface area contributed by atoms with E-state index < -0.39 is 28.5 Å². The molecule has 8 nitrogen and oxygen atoms in total. The average Bonchev–Trinajstić information content (AvgIpc) is 2.72. The molecule has 0 unspecified atom stereocenters. The number of carbonyl (C=O) groups is 2. The fourth-order valence-corrected chi connectivity index (χ4v) is 3.48. The Morgan fingerprint density at radius 3 is 2.54 bits per heavy atom. The number of para-hydroxylation sites is 1. The van der Waals surface area contributed by atoms with E-state index in [-0.39, 0.29) is 23.4 Å². The highest BCUT2D eigenvalue weighted by Crippen LogP contribution is 2.22. The largest absolute Gasteiger partial charge is 0.452 e. The van der Waals surface area contributed by atoms with Gasteiger partial charge in [-0.25, -0.2) is 13.2 Å². The Balaban J connectivity index is 2.10. The van der Waals surface area contributed by atoms with Crippen LogP contribution >= 0.6 is 0 Å². The smallest absolute Gasteiger partial charge is 0.338 e. The Kier molecular flexibility index (Phi) is 7.12. The van der Waals surface area contributed by atoms with E-state index in [1.807, 2.05) is 6.07 Å². The van der Waals surface area contributed by atoms with E-state index in [4.69, 9.17) is 10.00 Å². The molecule has 0 radical (unpaired) electrons. The summed E-state index contributed by atoms with van der Waals surface area (Å²) >= 11 is 0. The van der Waals surface area contributed by atoms with Crippen LogP contribution in [0.5, 0.6) is 0 Å². The lowest BCUT2D eigenvalue weighted by molar-refractivity contribution is -0.124. The number of esters is 1. The average molecular weight is 401 g/mol. The molecule has 0 atom stereocenters. The zero-order valence-corrected chi connectivity index (χ0v) is 16.0. The fraction of sp³-hybridized carbons (Fsp3) is 0.211. The quantitative estimate of drug-likeness (QED) is 0.531. The van der Waals surface area contributed by atoms with Gasteiger partial charge in [-0.05, 0) is 30.3 Å². The van der Waals surface area contributed by atoms with Crippen LogP contribution in [0.1, 0.15) is 16.8 Å². The molecule has 2 aromatic carbocycles. The van der Waals surface area contributed by atoms with E-state index in [0.29, 0.717) is 5.69 Å². The Labute approximate surface area is 163 Å². The predicted molar refractivity (Wildman–Crippen MR) is 102 cm³/mol. The summed E-state index contributed by atoms with van der Waals surface area (Å²) in [6.07, 6.45) is 0.147. The number of carbonyl (C=O) groups excluding carboxylic acids is 2. The van der Waals surface area contributed by atoms with Crippen molar-refractivity contribution in [3.05, 3.63) is 60.2 Å². The summed E-state index contributed by atoms with van der Waals surface area (Å²) in [6, 6.07) is 15.8. The third kappa shape index (κ3) is 5.31. The van der Waals surface area contributed by atoms with Gasteiger partial charge in [0.15, 0.2) is 6.61 Å². The summed E-state index contributed by atoms with van der Waals surface area (Å²) in [5.41, 5.74) is 0.483. The maximum absolute atomic E-state index is 12.8. The van der Waals surface area contributed by atoms with Crippen molar-refractivity contribution in [3.8, 4) is 6.07 Å². The normalized spacial score (nSPS) is 10.6. The van der Waals surface area contributed by atoms with Crippen molar-refractivity contribution >= 4 is 27.6 Å². The van der Waals surface area contributed by atoms with Gasteiger partial charge in [-0.3, -0.25) is 9.10 Å². The van der Waals surface area contributed by atoms with Gasteiger partial charge >= 0.3 is 5.97 Å². The van der Waals surface area contributed by atoms with Gasteiger partial charge in [0.25, 0.3) is 15.9 Å². The molecule has 0 heterocycles. The zero-order valence-electron chi connectivity index (χ0n) is 15.2. The van der Waals surface area contributed by atoms with E-state index in [0.717, 1.165) is 4.31 Å². The number of hydrogen-bond donors (Lipinski definition) is 1. The predicted octanol–water partition coefficient (Wildman–Crippen LogP) is 1.70. The highest BCUT2D eigenvalue weighted by Gasteiger charge is 2.22. The van der Waals surface area contributed by atoms with Gasteiger partial charge < -0.3 is 10.1 Å². The molecule has 0 fully saturated rings. The summed E-state index contributed by atoms with van der Waals surface area (Å²) in [4.78, 5) is 23.6. The molecule has 1 amide bonds. The monoisotopic (exact) mass is 401 g/mol. The van der Waals surface area contributed by atoms with E-state index in [1.54, 1.807) is 30.3 Å². The molecule has 0 bridgehead atoms. The van der Waals surface area contributed by atoms with Crippen molar-refractivity contribution in [3.63, 3.8) is 0 Å². The molecule has 0 saturated carbocycles. The van der Waals surface area contributed by atoms with E-state index in [2.05, 4.69) is 5.32 Å². The number of hydrogen-bond acceptors (Lipinski definition) is 6. The Hall–Kier alpha value is -3.38. The van der Waals surface area contributed by atoms with Crippen LogP contribution in [-0.2, 0) is 19.6 Å². The molecule has 0 aliphatic carbocycles. The second kappa shape index (κ2) is 9.53. The summed E-state index contributed by atoms with van der Waals surface area (Å²) in [6.45, 7) is -0.364. The number of anilines is 1. The second-order valence-electron chi connectivity index (χ2n) is 5.67. The van der Waals surface area contributed by atoms with Gasteiger partial charge in [-0.1, -0.05) is 24.3 Å². The van der Waals surface area contributed by atoms with Gasteiger partial charge in [-0.2, -0.15) is 5.26 Å². The molecule has 1 N–H and O–H groups in total. The van der Waals surface area contributed by atoms with Gasteiger partial charge in [0, 0.05) is 13.6 Å². The van der Waals surface area contributed by atoms with Crippen LogP contribution in [0.15, 0.2) is 59.5 Å². The molecule has 0 spiro atoms. The van der Waals surface area contributed by atoms with Crippen LogP contribution < -0.4 is 9.62 Å². The first kappa shape index (κ1) is 20.9. The first-order valence-electron chi connectivity index (χ1n) is 8.31. The number of amides is 1. The molecule has 28 heavy (non-hydrogen) atoms. The van der Waals surface area contributed by atoms with Crippen LogP contribution in [0.2, 0.25) is 0 Å². The SMILES string of the molecule is CN(c1ccccc1)S(=O)(=O)c1cccc(C(=O)OCC(=O)NCCC#N)c1. The van der Waals surface area contributed by atoms with Gasteiger partial charge in [0.05, 0.1) is 28.6 Å². The van der Waals surface area contributed by atoms with Crippen LogP contribution in [0.4, 0.5) is 5.69 Å². The lowest BCUT2D eigenvalue weighted by Gasteiger charge is -2.19. The number of ether oxygens (including phenoxy) is 1. The Morgan fingerprint density at radius 1 is 1.14 bits per heavy atom. The number of nitrogens with one attached hydrogen (secondary N) is 1. The van der Waals surface area contributed by atoms with Crippen molar-refractivity contribution in [1.29, 1.82) is 5.26 Å². The standard InChI is InChI=1S/C19H19N3O5S/c1-22(16-8-3-2-4-9-16)28(25,26)17-10-5-7-15(13-17)19(24)27-14-18(23)21-12-6-11-20/h2-5,7-10,13H,6,12,14H2,1H3,(H,21,23). The van der Waals surface area contributed by atoms with Crippen LogP contribution in [0, 0.1) is 11.3 Å². The van der Waals surface area contributed by atoms with Crippen molar-refractivity contribution < 1.29 is 22.7 Å². The number of nitrogens with zero attached hydrogens (tertiary/aromatic N) is 2. The second-order valence-corrected chi connectivity index (χ2v) is 7.64. The van der Waals surface area contributed by atoms with Crippen LogP contribution in [0.25, 0.3) is 0 Å².